The molecular formula is C20H21NO2. The summed E-state index contributed by atoms with van der Waals surface area (Å²) >= 11 is 0. The molecule has 3 aromatic carbocycles. The molecule has 118 valence electrons. The van der Waals surface area contributed by atoms with Gasteiger partial charge in [-0.2, -0.15) is 0 Å². The fourth-order valence-electron chi connectivity index (χ4n) is 2.79. The van der Waals surface area contributed by atoms with Crippen molar-refractivity contribution < 1.29 is 9.47 Å². The largest absolute Gasteiger partial charge is 0.497 e. The van der Waals surface area contributed by atoms with Crippen molar-refractivity contribution in [2.45, 2.75) is 12.5 Å². The Morgan fingerprint density at radius 1 is 0.826 bits per heavy atom. The maximum atomic E-state index is 6.42. The van der Waals surface area contributed by atoms with Gasteiger partial charge in [0.05, 0.1) is 14.2 Å². The first kappa shape index (κ1) is 15.4. The van der Waals surface area contributed by atoms with Crippen LogP contribution in [-0.4, -0.2) is 14.2 Å². The van der Waals surface area contributed by atoms with E-state index in [-0.39, 0.29) is 6.04 Å². The minimum absolute atomic E-state index is 0.0728. The molecule has 0 saturated heterocycles. The molecule has 3 rings (SSSR count). The molecule has 0 aromatic heterocycles. The van der Waals surface area contributed by atoms with Crippen molar-refractivity contribution in [1.82, 2.24) is 0 Å². The van der Waals surface area contributed by atoms with Crippen LogP contribution in [0.5, 0.6) is 11.5 Å². The summed E-state index contributed by atoms with van der Waals surface area (Å²) in [5.74, 6) is 1.56. The zero-order valence-corrected chi connectivity index (χ0v) is 13.5. The monoisotopic (exact) mass is 307 g/mol. The van der Waals surface area contributed by atoms with Gasteiger partial charge < -0.3 is 15.2 Å². The standard InChI is InChI=1S/C20H21NO2/c1-22-18-9-14(10-19(13-18)23-2)11-20(21)17-8-7-15-5-3-4-6-16(15)12-17/h3-10,12-13,20H,11,21H2,1-2H3. The molecule has 0 spiro atoms. The molecule has 3 heteroatoms. The molecule has 1 unspecified atom stereocenters. The SMILES string of the molecule is COc1cc(CC(N)c2ccc3ccccc3c2)cc(OC)c1. The van der Waals surface area contributed by atoms with Gasteiger partial charge in [0.15, 0.2) is 0 Å². The molecule has 0 aliphatic rings. The van der Waals surface area contributed by atoms with E-state index in [2.05, 4.69) is 30.3 Å². The van der Waals surface area contributed by atoms with Crippen molar-refractivity contribution >= 4 is 10.8 Å². The predicted molar refractivity (Wildman–Crippen MR) is 94.1 cm³/mol. The molecule has 0 heterocycles. The van der Waals surface area contributed by atoms with E-state index in [1.54, 1.807) is 14.2 Å². The van der Waals surface area contributed by atoms with E-state index < -0.39 is 0 Å². The maximum Gasteiger partial charge on any atom is 0.122 e. The van der Waals surface area contributed by atoms with Crippen LogP contribution >= 0.6 is 0 Å². The lowest BCUT2D eigenvalue weighted by molar-refractivity contribution is 0.393. The number of hydrogen-bond acceptors (Lipinski definition) is 3. The van der Waals surface area contributed by atoms with Crippen molar-refractivity contribution in [1.29, 1.82) is 0 Å². The van der Waals surface area contributed by atoms with E-state index in [9.17, 15) is 0 Å². The van der Waals surface area contributed by atoms with Crippen LogP contribution in [0.2, 0.25) is 0 Å². The fourth-order valence-corrected chi connectivity index (χ4v) is 2.79. The first-order valence-corrected chi connectivity index (χ1v) is 7.66. The number of hydrogen-bond donors (Lipinski definition) is 1. The number of nitrogens with two attached hydrogens (primary N) is 1. The van der Waals surface area contributed by atoms with Gasteiger partial charge in [0.2, 0.25) is 0 Å². The summed E-state index contributed by atoms with van der Waals surface area (Å²) in [5, 5.41) is 2.44. The Balaban J connectivity index is 1.86. The van der Waals surface area contributed by atoms with Crippen molar-refractivity contribution in [3.8, 4) is 11.5 Å². The van der Waals surface area contributed by atoms with Crippen LogP contribution in [0.1, 0.15) is 17.2 Å². The highest BCUT2D eigenvalue weighted by atomic mass is 16.5. The van der Waals surface area contributed by atoms with Crippen molar-refractivity contribution in [3.05, 3.63) is 71.8 Å². The number of benzene rings is 3. The summed E-state index contributed by atoms with van der Waals surface area (Å²) in [7, 11) is 3.31. The quantitative estimate of drug-likeness (QED) is 0.772. The molecule has 0 aliphatic carbocycles. The van der Waals surface area contributed by atoms with Crippen LogP contribution in [0.4, 0.5) is 0 Å². The summed E-state index contributed by atoms with van der Waals surface area (Å²) in [6.07, 6.45) is 0.728. The Labute approximate surface area is 136 Å². The van der Waals surface area contributed by atoms with E-state index in [0.717, 1.165) is 29.0 Å². The van der Waals surface area contributed by atoms with Gasteiger partial charge in [-0.1, -0.05) is 36.4 Å². The molecule has 0 fully saturated rings. The van der Waals surface area contributed by atoms with Gasteiger partial charge in [0.1, 0.15) is 11.5 Å². The van der Waals surface area contributed by atoms with Crippen molar-refractivity contribution in [2.75, 3.05) is 14.2 Å². The third-order valence-corrected chi connectivity index (χ3v) is 4.07. The average Bonchev–Trinajstić information content (AvgIpc) is 2.60. The van der Waals surface area contributed by atoms with Gasteiger partial charge >= 0.3 is 0 Å². The number of fused-ring (bicyclic) bond motifs is 1. The van der Waals surface area contributed by atoms with Gasteiger partial charge in [-0.25, -0.2) is 0 Å². The van der Waals surface area contributed by atoms with Crippen LogP contribution in [0.25, 0.3) is 10.8 Å². The topological polar surface area (TPSA) is 44.5 Å². The fraction of sp³-hybridized carbons (Fsp3) is 0.200. The van der Waals surface area contributed by atoms with E-state index in [1.807, 2.05) is 30.3 Å². The van der Waals surface area contributed by atoms with E-state index in [0.29, 0.717) is 0 Å². The zero-order valence-electron chi connectivity index (χ0n) is 13.5. The molecule has 1 atom stereocenters. The Hall–Kier alpha value is -2.52. The Morgan fingerprint density at radius 3 is 2.13 bits per heavy atom. The third kappa shape index (κ3) is 3.46. The molecule has 3 nitrogen and oxygen atoms in total. The average molecular weight is 307 g/mol. The Morgan fingerprint density at radius 2 is 1.48 bits per heavy atom. The molecule has 23 heavy (non-hydrogen) atoms. The van der Waals surface area contributed by atoms with Gasteiger partial charge in [-0.3, -0.25) is 0 Å². The van der Waals surface area contributed by atoms with E-state index in [4.69, 9.17) is 15.2 Å². The lowest BCUT2D eigenvalue weighted by Gasteiger charge is -2.15. The zero-order chi connectivity index (χ0) is 16.2. The van der Waals surface area contributed by atoms with Crippen LogP contribution in [0.15, 0.2) is 60.7 Å². The molecule has 0 bridgehead atoms. The number of rotatable bonds is 5. The Kier molecular flexibility index (Phi) is 4.49. The number of methoxy groups -OCH3 is 2. The van der Waals surface area contributed by atoms with Gasteiger partial charge in [0, 0.05) is 12.1 Å². The summed E-state index contributed by atoms with van der Waals surface area (Å²) in [5.41, 5.74) is 8.65. The van der Waals surface area contributed by atoms with Gasteiger partial charge in [-0.05, 0) is 46.5 Å². The number of ether oxygens (including phenoxy) is 2. The van der Waals surface area contributed by atoms with Crippen LogP contribution in [-0.2, 0) is 6.42 Å². The molecule has 0 radical (unpaired) electrons. The van der Waals surface area contributed by atoms with Crippen LogP contribution < -0.4 is 15.2 Å². The summed E-state index contributed by atoms with van der Waals surface area (Å²) < 4.78 is 10.6. The summed E-state index contributed by atoms with van der Waals surface area (Å²) in [6, 6.07) is 20.5. The lowest BCUT2D eigenvalue weighted by atomic mass is 9.97. The highest BCUT2D eigenvalue weighted by Gasteiger charge is 2.10. The van der Waals surface area contributed by atoms with Gasteiger partial charge in [-0.15, -0.1) is 0 Å². The highest BCUT2D eigenvalue weighted by Crippen LogP contribution is 2.26. The normalized spacial score (nSPS) is 12.1. The molecule has 0 amide bonds. The summed E-state index contributed by atoms with van der Waals surface area (Å²) in [4.78, 5) is 0. The predicted octanol–water partition coefficient (Wildman–Crippen LogP) is 4.10. The summed E-state index contributed by atoms with van der Waals surface area (Å²) in [6.45, 7) is 0. The minimum Gasteiger partial charge on any atom is -0.497 e. The smallest absolute Gasteiger partial charge is 0.122 e. The Bertz CT molecular complexity index is 791. The van der Waals surface area contributed by atoms with Crippen molar-refractivity contribution in [3.63, 3.8) is 0 Å². The molecule has 3 aromatic rings. The van der Waals surface area contributed by atoms with Crippen LogP contribution in [0.3, 0.4) is 0 Å². The third-order valence-electron chi connectivity index (χ3n) is 4.07. The molecule has 2 N–H and O–H groups in total. The molecule has 0 saturated carbocycles. The minimum atomic E-state index is -0.0728. The molecule has 0 aliphatic heterocycles. The van der Waals surface area contributed by atoms with Gasteiger partial charge in [0.25, 0.3) is 0 Å². The second-order valence-corrected chi connectivity index (χ2v) is 5.64. The van der Waals surface area contributed by atoms with Crippen LogP contribution in [0, 0.1) is 0 Å². The lowest BCUT2D eigenvalue weighted by Crippen LogP contribution is -2.13. The second-order valence-electron chi connectivity index (χ2n) is 5.64. The first-order chi connectivity index (χ1) is 11.2. The highest BCUT2D eigenvalue weighted by molar-refractivity contribution is 5.83. The van der Waals surface area contributed by atoms with E-state index >= 15 is 0 Å². The maximum absolute atomic E-state index is 6.42. The van der Waals surface area contributed by atoms with Crippen molar-refractivity contribution in [2.24, 2.45) is 5.73 Å². The first-order valence-electron chi connectivity index (χ1n) is 7.66. The second kappa shape index (κ2) is 6.71. The molecular weight excluding hydrogens is 286 g/mol. The van der Waals surface area contributed by atoms with E-state index in [1.165, 1.54) is 10.8 Å².